The minimum Gasteiger partial charge on any atom is -0.383 e. The fourth-order valence-electron chi connectivity index (χ4n) is 4.15. The van der Waals surface area contributed by atoms with Gasteiger partial charge in [-0.05, 0) is 52.0 Å². The summed E-state index contributed by atoms with van der Waals surface area (Å²) in [6, 6.07) is 2.50. The van der Waals surface area contributed by atoms with E-state index in [-0.39, 0.29) is 5.78 Å². The van der Waals surface area contributed by atoms with Crippen LogP contribution in [0.4, 0.5) is 5.95 Å². The van der Waals surface area contributed by atoms with Crippen molar-refractivity contribution in [3.05, 3.63) is 23.0 Å². The zero-order chi connectivity index (χ0) is 20.4. The molecule has 0 atom stereocenters. The molecule has 1 aliphatic carbocycles. The summed E-state index contributed by atoms with van der Waals surface area (Å²) in [6.45, 7) is 7.58. The van der Waals surface area contributed by atoms with Crippen molar-refractivity contribution >= 4 is 23.5 Å². The highest BCUT2D eigenvalue weighted by Gasteiger charge is 2.32. The van der Waals surface area contributed by atoms with Gasteiger partial charge in [0.2, 0.25) is 5.95 Å². The number of carbonyl (C=O) groups is 1. The van der Waals surface area contributed by atoms with Crippen LogP contribution in [0.1, 0.15) is 59.9 Å². The first-order valence-corrected chi connectivity index (χ1v) is 11.6. The van der Waals surface area contributed by atoms with Crippen LogP contribution in [-0.2, 0) is 11.3 Å². The monoisotopic (exact) mass is 417 g/mol. The minimum absolute atomic E-state index is 0.150. The Morgan fingerprint density at radius 3 is 2.66 bits per heavy atom. The summed E-state index contributed by atoms with van der Waals surface area (Å²) >= 11 is 1.52. The maximum Gasteiger partial charge on any atom is 0.228 e. The van der Waals surface area contributed by atoms with Gasteiger partial charge in [0.1, 0.15) is 0 Å². The molecule has 0 bridgehead atoms. The summed E-state index contributed by atoms with van der Waals surface area (Å²) in [4.78, 5) is 15.3. The third-order valence-electron chi connectivity index (χ3n) is 5.92. The molecule has 7 nitrogen and oxygen atoms in total. The van der Waals surface area contributed by atoms with E-state index in [0.29, 0.717) is 18.4 Å². The Labute approximate surface area is 176 Å². The van der Waals surface area contributed by atoms with Crippen LogP contribution < -0.4 is 4.90 Å². The van der Waals surface area contributed by atoms with E-state index in [1.54, 1.807) is 7.11 Å². The number of anilines is 1. The molecule has 2 aromatic rings. The van der Waals surface area contributed by atoms with Crippen LogP contribution in [0.5, 0.6) is 0 Å². The van der Waals surface area contributed by atoms with E-state index < -0.39 is 0 Å². The smallest absolute Gasteiger partial charge is 0.228 e. The quantitative estimate of drug-likeness (QED) is 0.458. The third-order valence-corrected chi connectivity index (χ3v) is 6.87. The lowest BCUT2D eigenvalue weighted by molar-refractivity contribution is 0.102. The molecule has 2 aromatic heterocycles. The SMILES string of the molecule is COCCn1c(C)cc(C(=O)CSc2nnc(N3CCCCC3)n2C2CC2)c1C. The van der Waals surface area contributed by atoms with E-state index in [1.807, 2.05) is 19.9 Å². The highest BCUT2D eigenvalue weighted by molar-refractivity contribution is 7.99. The fourth-order valence-corrected chi connectivity index (χ4v) is 5.03. The Bertz CT molecular complexity index is 865. The number of rotatable bonds is 9. The summed E-state index contributed by atoms with van der Waals surface area (Å²) in [5, 5.41) is 9.86. The maximum atomic E-state index is 13.0. The van der Waals surface area contributed by atoms with Gasteiger partial charge in [0.05, 0.1) is 12.4 Å². The molecule has 0 unspecified atom stereocenters. The number of hydrogen-bond acceptors (Lipinski definition) is 6. The lowest BCUT2D eigenvalue weighted by Crippen LogP contribution is -2.31. The van der Waals surface area contributed by atoms with Crippen molar-refractivity contribution in [3.63, 3.8) is 0 Å². The number of methoxy groups -OCH3 is 1. The average molecular weight is 418 g/mol. The molecule has 1 saturated carbocycles. The Balaban J connectivity index is 1.47. The molecule has 0 spiro atoms. The summed E-state index contributed by atoms with van der Waals surface area (Å²) in [5.41, 5.74) is 2.92. The summed E-state index contributed by atoms with van der Waals surface area (Å²) in [5.74, 6) is 1.54. The van der Waals surface area contributed by atoms with Gasteiger partial charge >= 0.3 is 0 Å². The van der Waals surface area contributed by atoms with Crippen molar-refractivity contribution in [1.29, 1.82) is 0 Å². The topological polar surface area (TPSA) is 65.2 Å². The van der Waals surface area contributed by atoms with Gasteiger partial charge in [-0.15, -0.1) is 10.2 Å². The second-order valence-electron chi connectivity index (χ2n) is 8.07. The molecule has 2 aliphatic rings. The lowest BCUT2D eigenvalue weighted by Gasteiger charge is -2.27. The number of thioether (sulfide) groups is 1. The van der Waals surface area contributed by atoms with Crippen molar-refractivity contribution in [3.8, 4) is 0 Å². The Hall–Kier alpha value is -1.80. The zero-order valence-corrected chi connectivity index (χ0v) is 18.5. The van der Waals surface area contributed by atoms with E-state index in [4.69, 9.17) is 4.74 Å². The first-order chi connectivity index (χ1) is 14.1. The average Bonchev–Trinajstić information content (AvgIpc) is 3.42. The second kappa shape index (κ2) is 8.92. The molecule has 4 rings (SSSR count). The molecule has 1 aliphatic heterocycles. The van der Waals surface area contributed by atoms with Gasteiger partial charge < -0.3 is 14.2 Å². The Kier molecular flexibility index (Phi) is 6.29. The lowest BCUT2D eigenvalue weighted by atomic mass is 10.1. The molecular formula is C21H31N5O2S. The summed E-state index contributed by atoms with van der Waals surface area (Å²) in [6.07, 6.45) is 6.10. The van der Waals surface area contributed by atoms with Gasteiger partial charge in [0.15, 0.2) is 10.9 Å². The molecular weight excluding hydrogens is 386 g/mol. The highest BCUT2D eigenvalue weighted by atomic mass is 32.2. The Morgan fingerprint density at radius 1 is 1.21 bits per heavy atom. The number of hydrogen-bond donors (Lipinski definition) is 0. The predicted octanol–water partition coefficient (Wildman–Crippen LogP) is 3.64. The minimum atomic E-state index is 0.150. The van der Waals surface area contributed by atoms with Crippen LogP contribution in [0.25, 0.3) is 0 Å². The summed E-state index contributed by atoms with van der Waals surface area (Å²) in [7, 11) is 1.70. The van der Waals surface area contributed by atoms with Crippen molar-refractivity contribution in [1.82, 2.24) is 19.3 Å². The van der Waals surface area contributed by atoms with Crippen molar-refractivity contribution in [2.45, 2.75) is 63.7 Å². The van der Waals surface area contributed by atoms with Crippen LogP contribution in [0.2, 0.25) is 0 Å². The van der Waals surface area contributed by atoms with Crippen molar-refractivity contribution < 1.29 is 9.53 Å². The van der Waals surface area contributed by atoms with E-state index in [9.17, 15) is 4.79 Å². The first-order valence-electron chi connectivity index (χ1n) is 10.6. The molecule has 0 N–H and O–H groups in total. The zero-order valence-electron chi connectivity index (χ0n) is 17.7. The van der Waals surface area contributed by atoms with E-state index in [2.05, 4.69) is 24.2 Å². The molecule has 0 radical (unpaired) electrons. The second-order valence-corrected chi connectivity index (χ2v) is 9.02. The van der Waals surface area contributed by atoms with Crippen LogP contribution in [0.15, 0.2) is 11.2 Å². The summed E-state index contributed by atoms with van der Waals surface area (Å²) < 4.78 is 9.63. The first kappa shape index (κ1) is 20.5. The van der Waals surface area contributed by atoms with Gasteiger partial charge in [-0.2, -0.15) is 0 Å². The predicted molar refractivity (Wildman–Crippen MR) is 115 cm³/mol. The molecule has 158 valence electrons. The number of ether oxygens (including phenoxy) is 1. The number of piperidine rings is 1. The van der Waals surface area contributed by atoms with Gasteiger partial charge in [-0.1, -0.05) is 11.8 Å². The van der Waals surface area contributed by atoms with Crippen molar-refractivity contribution in [2.75, 3.05) is 37.5 Å². The Morgan fingerprint density at radius 2 is 1.97 bits per heavy atom. The number of Topliss-reactive ketones (excluding diaryl/α,β-unsaturated/α-hetero) is 1. The molecule has 3 heterocycles. The van der Waals surface area contributed by atoms with E-state index in [0.717, 1.165) is 47.7 Å². The number of ketones is 1. The van der Waals surface area contributed by atoms with Gasteiger partial charge in [0, 0.05) is 49.7 Å². The molecule has 2 fully saturated rings. The molecule has 0 amide bonds. The normalized spacial score (nSPS) is 17.1. The van der Waals surface area contributed by atoms with E-state index >= 15 is 0 Å². The molecule has 0 aromatic carbocycles. The van der Waals surface area contributed by atoms with Crippen LogP contribution in [0, 0.1) is 13.8 Å². The van der Waals surface area contributed by atoms with Gasteiger partial charge in [-0.25, -0.2) is 0 Å². The number of carbonyl (C=O) groups excluding carboxylic acids is 1. The largest absolute Gasteiger partial charge is 0.383 e. The van der Waals surface area contributed by atoms with Crippen LogP contribution >= 0.6 is 11.8 Å². The fraction of sp³-hybridized carbons (Fsp3) is 0.667. The standard InChI is InChI=1S/C21H31N5O2S/c1-15-13-18(16(2)25(15)11-12-28-3)19(27)14-29-21-23-22-20(26(21)17-7-8-17)24-9-5-4-6-10-24/h13,17H,4-12,14H2,1-3H3. The molecule has 8 heteroatoms. The maximum absolute atomic E-state index is 13.0. The van der Waals surface area contributed by atoms with Gasteiger partial charge in [-0.3, -0.25) is 9.36 Å². The number of nitrogens with zero attached hydrogens (tertiary/aromatic N) is 5. The molecule has 29 heavy (non-hydrogen) atoms. The van der Waals surface area contributed by atoms with Crippen LogP contribution in [-0.4, -0.2) is 57.7 Å². The highest BCUT2D eigenvalue weighted by Crippen LogP contribution is 2.41. The third kappa shape index (κ3) is 4.38. The van der Waals surface area contributed by atoms with Gasteiger partial charge in [0.25, 0.3) is 0 Å². The molecule has 1 saturated heterocycles. The number of aromatic nitrogens is 4. The van der Waals surface area contributed by atoms with E-state index in [1.165, 1.54) is 43.9 Å². The van der Waals surface area contributed by atoms with Crippen molar-refractivity contribution in [2.24, 2.45) is 0 Å². The van der Waals surface area contributed by atoms with Crippen LogP contribution in [0.3, 0.4) is 0 Å². The number of aryl methyl sites for hydroxylation is 1.